The fourth-order valence-electron chi connectivity index (χ4n) is 0.351. The minimum atomic E-state index is -0.193. The van der Waals surface area contributed by atoms with Crippen molar-refractivity contribution in [3.63, 3.8) is 0 Å². The largest absolute Gasteiger partial charge is 0.397 e. The molecule has 0 aliphatic rings. The van der Waals surface area contributed by atoms with Crippen LogP contribution in [0.5, 0.6) is 0 Å². The molecule has 0 aliphatic heterocycles. The molecule has 0 fully saturated rings. The number of carbonyl (C=O) groups excluding carboxylic acids is 1. The number of aliphatic hydroxyl groups is 1. The number of amides is 1. The van der Waals surface area contributed by atoms with Crippen LogP contribution in [0.2, 0.25) is 0 Å². The van der Waals surface area contributed by atoms with E-state index in [1.165, 1.54) is 0 Å². The highest BCUT2D eigenvalue weighted by Gasteiger charge is 1.88. The van der Waals surface area contributed by atoms with Gasteiger partial charge in [0, 0.05) is 13.0 Å². The monoisotopic (exact) mass is 147 g/mol. The first-order chi connectivity index (χ1) is 4.68. The minimum absolute atomic E-state index is 0.193. The number of unbranched alkanes of at least 4 members (excludes halogenated alkanes) is 1. The lowest BCUT2D eigenvalue weighted by molar-refractivity contribution is -0.118. The number of hydrogen-bond acceptors (Lipinski definition) is 2. The van der Waals surface area contributed by atoms with Crippen LogP contribution in [0.4, 0.5) is 0 Å². The van der Waals surface area contributed by atoms with Crippen molar-refractivity contribution in [2.24, 2.45) is 5.73 Å². The van der Waals surface area contributed by atoms with Gasteiger partial charge in [-0.1, -0.05) is 13.3 Å². The predicted molar refractivity (Wildman–Crippen MR) is 41.5 cm³/mol. The van der Waals surface area contributed by atoms with Crippen LogP contribution in [0.25, 0.3) is 0 Å². The molecule has 0 rings (SSSR count). The number of nitrogens with two attached hydrogens (primary N) is 1. The Labute approximate surface area is 62.2 Å². The Balaban J connectivity index is 0. The van der Waals surface area contributed by atoms with E-state index in [0.717, 1.165) is 12.8 Å². The molecular formula is C7H17NO2. The van der Waals surface area contributed by atoms with E-state index >= 15 is 0 Å². The van der Waals surface area contributed by atoms with Gasteiger partial charge in [-0.15, -0.1) is 0 Å². The van der Waals surface area contributed by atoms with Crippen LogP contribution in [0, 0.1) is 0 Å². The summed E-state index contributed by atoms with van der Waals surface area (Å²) >= 11 is 0. The molecule has 0 radical (unpaired) electrons. The highest BCUT2D eigenvalue weighted by Crippen LogP contribution is 1.89. The zero-order chi connectivity index (χ0) is 8.41. The topological polar surface area (TPSA) is 63.3 Å². The Kier molecular flexibility index (Phi) is 13.7. The van der Waals surface area contributed by atoms with Gasteiger partial charge < -0.3 is 10.8 Å². The zero-order valence-electron chi connectivity index (χ0n) is 6.76. The SMILES string of the molecule is CCCCC(N)=O.CCO. The number of carbonyl (C=O) groups is 1. The van der Waals surface area contributed by atoms with Gasteiger partial charge in [-0.25, -0.2) is 0 Å². The van der Waals surface area contributed by atoms with Gasteiger partial charge in [0.15, 0.2) is 0 Å². The molecule has 0 aromatic heterocycles. The summed E-state index contributed by atoms with van der Waals surface area (Å²) < 4.78 is 0. The first-order valence-electron chi connectivity index (χ1n) is 3.58. The molecule has 1 amide bonds. The third kappa shape index (κ3) is 26.1. The lowest BCUT2D eigenvalue weighted by atomic mass is 10.2. The Morgan fingerprint density at radius 2 is 1.90 bits per heavy atom. The highest BCUT2D eigenvalue weighted by atomic mass is 16.2. The normalized spacial score (nSPS) is 7.90. The molecule has 0 aliphatic carbocycles. The van der Waals surface area contributed by atoms with Crippen molar-refractivity contribution in [3.05, 3.63) is 0 Å². The second kappa shape index (κ2) is 11.3. The van der Waals surface area contributed by atoms with E-state index in [1.807, 2.05) is 6.92 Å². The Hall–Kier alpha value is -0.570. The molecule has 0 saturated carbocycles. The van der Waals surface area contributed by atoms with Gasteiger partial charge in [-0.05, 0) is 13.3 Å². The summed E-state index contributed by atoms with van der Waals surface area (Å²) in [6.07, 6.45) is 2.51. The molecule has 3 heteroatoms. The van der Waals surface area contributed by atoms with Crippen molar-refractivity contribution in [2.75, 3.05) is 6.61 Å². The fourth-order valence-corrected chi connectivity index (χ4v) is 0.351. The third-order valence-electron chi connectivity index (χ3n) is 0.777. The number of rotatable bonds is 3. The summed E-state index contributed by atoms with van der Waals surface area (Å²) in [5.74, 6) is -0.193. The lowest BCUT2D eigenvalue weighted by Crippen LogP contribution is -2.09. The predicted octanol–water partition coefficient (Wildman–Crippen LogP) is 0.661. The van der Waals surface area contributed by atoms with Gasteiger partial charge in [0.25, 0.3) is 0 Å². The van der Waals surface area contributed by atoms with Gasteiger partial charge in [0.05, 0.1) is 0 Å². The molecular weight excluding hydrogens is 130 g/mol. The summed E-state index contributed by atoms with van der Waals surface area (Å²) in [6.45, 7) is 3.96. The third-order valence-corrected chi connectivity index (χ3v) is 0.777. The first kappa shape index (κ1) is 12.1. The van der Waals surface area contributed by atoms with Crippen LogP contribution in [-0.2, 0) is 4.79 Å². The van der Waals surface area contributed by atoms with Crippen LogP contribution >= 0.6 is 0 Å². The maximum atomic E-state index is 9.98. The molecule has 0 bridgehead atoms. The maximum absolute atomic E-state index is 9.98. The van der Waals surface area contributed by atoms with Crippen molar-refractivity contribution in [3.8, 4) is 0 Å². The van der Waals surface area contributed by atoms with Gasteiger partial charge >= 0.3 is 0 Å². The maximum Gasteiger partial charge on any atom is 0.217 e. The molecule has 0 atom stereocenters. The van der Waals surface area contributed by atoms with Crippen LogP contribution in [0.1, 0.15) is 33.1 Å². The lowest BCUT2D eigenvalue weighted by Gasteiger charge is -1.86. The quantitative estimate of drug-likeness (QED) is 0.616. The van der Waals surface area contributed by atoms with E-state index in [-0.39, 0.29) is 12.5 Å². The molecule has 62 valence electrons. The van der Waals surface area contributed by atoms with E-state index in [9.17, 15) is 4.79 Å². The summed E-state index contributed by atoms with van der Waals surface area (Å²) in [5.41, 5.74) is 4.84. The smallest absolute Gasteiger partial charge is 0.217 e. The van der Waals surface area contributed by atoms with Crippen LogP contribution in [0.3, 0.4) is 0 Å². The molecule has 0 heterocycles. The fraction of sp³-hybridized carbons (Fsp3) is 0.857. The standard InChI is InChI=1S/C5H11NO.C2H6O/c1-2-3-4-5(6)7;1-2-3/h2-4H2,1H3,(H2,6,7);3H,2H2,1H3. The van der Waals surface area contributed by atoms with Crippen molar-refractivity contribution >= 4 is 5.91 Å². The van der Waals surface area contributed by atoms with E-state index in [1.54, 1.807) is 6.92 Å². The second-order valence-electron chi connectivity index (χ2n) is 1.89. The van der Waals surface area contributed by atoms with Crippen molar-refractivity contribution in [2.45, 2.75) is 33.1 Å². The average molecular weight is 147 g/mol. The van der Waals surface area contributed by atoms with E-state index < -0.39 is 0 Å². The molecule has 0 saturated heterocycles. The van der Waals surface area contributed by atoms with Crippen LogP contribution in [-0.4, -0.2) is 17.6 Å². The number of aliphatic hydroxyl groups excluding tert-OH is 1. The van der Waals surface area contributed by atoms with Crippen LogP contribution in [0.15, 0.2) is 0 Å². The van der Waals surface area contributed by atoms with Crippen molar-refractivity contribution in [1.82, 2.24) is 0 Å². The van der Waals surface area contributed by atoms with Gasteiger partial charge in [-0.3, -0.25) is 4.79 Å². The van der Waals surface area contributed by atoms with Crippen molar-refractivity contribution < 1.29 is 9.90 Å². The minimum Gasteiger partial charge on any atom is -0.397 e. The van der Waals surface area contributed by atoms with E-state index in [2.05, 4.69) is 0 Å². The van der Waals surface area contributed by atoms with Crippen LogP contribution < -0.4 is 5.73 Å². The molecule has 10 heavy (non-hydrogen) atoms. The number of hydrogen-bond donors (Lipinski definition) is 2. The Bertz CT molecular complexity index is 74.0. The molecule has 3 N–H and O–H groups in total. The van der Waals surface area contributed by atoms with Gasteiger partial charge in [-0.2, -0.15) is 0 Å². The Morgan fingerprint density at radius 3 is 2.00 bits per heavy atom. The van der Waals surface area contributed by atoms with E-state index in [0.29, 0.717) is 6.42 Å². The van der Waals surface area contributed by atoms with Crippen molar-refractivity contribution in [1.29, 1.82) is 0 Å². The molecule has 0 aromatic carbocycles. The number of primary amides is 1. The summed E-state index contributed by atoms with van der Waals surface area (Å²) in [7, 11) is 0. The molecule has 0 spiro atoms. The van der Waals surface area contributed by atoms with Gasteiger partial charge in [0.1, 0.15) is 0 Å². The highest BCUT2D eigenvalue weighted by molar-refractivity contribution is 5.73. The average Bonchev–Trinajstić information content (AvgIpc) is 1.85. The van der Waals surface area contributed by atoms with E-state index in [4.69, 9.17) is 10.8 Å². The Morgan fingerprint density at radius 1 is 1.50 bits per heavy atom. The molecule has 3 nitrogen and oxygen atoms in total. The first-order valence-corrected chi connectivity index (χ1v) is 3.58. The zero-order valence-corrected chi connectivity index (χ0v) is 6.76. The summed E-state index contributed by atoms with van der Waals surface area (Å²) in [4.78, 5) is 9.98. The second-order valence-corrected chi connectivity index (χ2v) is 1.89. The summed E-state index contributed by atoms with van der Waals surface area (Å²) in [5, 5.41) is 7.57. The summed E-state index contributed by atoms with van der Waals surface area (Å²) in [6, 6.07) is 0. The van der Waals surface area contributed by atoms with Gasteiger partial charge in [0.2, 0.25) is 5.91 Å². The molecule has 0 unspecified atom stereocenters. The molecule has 0 aromatic rings.